The maximum absolute atomic E-state index is 12.3. The zero-order valence-corrected chi connectivity index (χ0v) is 14.1. The summed E-state index contributed by atoms with van der Waals surface area (Å²) in [7, 11) is 1.60. The summed E-state index contributed by atoms with van der Waals surface area (Å²) in [6.07, 6.45) is 5.36. The number of aryl methyl sites for hydroxylation is 1. The Labute approximate surface area is 142 Å². The van der Waals surface area contributed by atoms with Crippen molar-refractivity contribution in [3.63, 3.8) is 0 Å². The predicted molar refractivity (Wildman–Crippen MR) is 93.2 cm³/mol. The molecule has 0 saturated carbocycles. The number of fused-ring (bicyclic) bond motifs is 1. The van der Waals surface area contributed by atoms with Crippen LogP contribution in [0.15, 0.2) is 30.5 Å². The first-order chi connectivity index (χ1) is 11.7. The van der Waals surface area contributed by atoms with E-state index in [0.29, 0.717) is 23.9 Å². The molecule has 6 heteroatoms. The minimum absolute atomic E-state index is 0.0145. The fourth-order valence-corrected chi connectivity index (χ4v) is 3.25. The van der Waals surface area contributed by atoms with Gasteiger partial charge in [-0.25, -0.2) is 0 Å². The highest BCUT2D eigenvalue weighted by atomic mass is 16.5. The SMILES string of the molecule is COc1ccccc1NC(=O)C[C@@H](C)N[C@@H]1CCc2[nH]ncc2C1. The standard InChI is InChI=1S/C18H24N4O2/c1-12(20-14-7-8-15-13(10-14)11-19-22-15)9-18(23)21-16-5-3-4-6-17(16)24-2/h3-6,11-12,14,20H,7-10H2,1-2H3,(H,19,22)(H,21,23)/t12-,14-/m1/s1. The number of amides is 1. The number of nitrogens with zero attached hydrogens (tertiary/aromatic N) is 1. The third kappa shape index (κ3) is 3.94. The summed E-state index contributed by atoms with van der Waals surface area (Å²) < 4.78 is 5.26. The number of hydrogen-bond acceptors (Lipinski definition) is 4. The van der Waals surface area contributed by atoms with Crippen LogP contribution in [-0.2, 0) is 17.6 Å². The molecule has 1 aromatic carbocycles. The molecular formula is C18H24N4O2. The van der Waals surface area contributed by atoms with E-state index in [9.17, 15) is 4.79 Å². The molecule has 3 rings (SSSR count). The fraction of sp³-hybridized carbons (Fsp3) is 0.444. The molecule has 3 N–H and O–H groups in total. The molecule has 128 valence electrons. The van der Waals surface area contributed by atoms with E-state index in [0.717, 1.165) is 19.3 Å². The van der Waals surface area contributed by atoms with Crippen LogP contribution >= 0.6 is 0 Å². The van der Waals surface area contributed by atoms with Crippen molar-refractivity contribution in [1.29, 1.82) is 0 Å². The number of benzene rings is 1. The molecule has 0 saturated heterocycles. The van der Waals surface area contributed by atoms with Gasteiger partial charge in [-0.1, -0.05) is 12.1 Å². The van der Waals surface area contributed by atoms with E-state index in [1.807, 2.05) is 37.4 Å². The van der Waals surface area contributed by atoms with E-state index < -0.39 is 0 Å². The van der Waals surface area contributed by atoms with Crippen LogP contribution in [0.4, 0.5) is 5.69 Å². The minimum atomic E-state index is -0.0145. The second-order valence-corrected chi connectivity index (χ2v) is 6.33. The van der Waals surface area contributed by atoms with Gasteiger partial charge in [-0.05, 0) is 43.9 Å². The molecule has 1 amide bonds. The average molecular weight is 328 g/mol. The van der Waals surface area contributed by atoms with Crippen LogP contribution in [-0.4, -0.2) is 35.3 Å². The van der Waals surface area contributed by atoms with Gasteiger partial charge >= 0.3 is 0 Å². The summed E-state index contributed by atoms with van der Waals surface area (Å²) in [6.45, 7) is 2.05. The number of nitrogens with one attached hydrogen (secondary N) is 3. The van der Waals surface area contributed by atoms with Crippen molar-refractivity contribution in [1.82, 2.24) is 15.5 Å². The largest absolute Gasteiger partial charge is 0.495 e. The van der Waals surface area contributed by atoms with Crippen LogP contribution in [0.2, 0.25) is 0 Å². The van der Waals surface area contributed by atoms with Crippen molar-refractivity contribution in [3.8, 4) is 5.75 Å². The summed E-state index contributed by atoms with van der Waals surface area (Å²) in [6, 6.07) is 7.94. The number of carbonyl (C=O) groups is 1. The number of anilines is 1. The Balaban J connectivity index is 1.50. The van der Waals surface area contributed by atoms with Crippen LogP contribution in [0.5, 0.6) is 5.75 Å². The lowest BCUT2D eigenvalue weighted by atomic mass is 9.93. The Morgan fingerprint density at radius 2 is 2.29 bits per heavy atom. The number of rotatable bonds is 6. The van der Waals surface area contributed by atoms with E-state index in [4.69, 9.17) is 4.74 Å². The van der Waals surface area contributed by atoms with Gasteiger partial charge in [0.1, 0.15) is 5.75 Å². The third-order valence-corrected chi connectivity index (χ3v) is 4.41. The van der Waals surface area contributed by atoms with Crippen LogP contribution in [0.1, 0.15) is 31.0 Å². The number of H-pyrrole nitrogens is 1. The van der Waals surface area contributed by atoms with Crippen LogP contribution < -0.4 is 15.4 Å². The summed E-state index contributed by atoms with van der Waals surface area (Å²) in [5, 5.41) is 13.6. The van der Waals surface area contributed by atoms with Gasteiger partial charge in [0.2, 0.25) is 5.91 Å². The number of para-hydroxylation sites is 2. The molecule has 6 nitrogen and oxygen atoms in total. The summed E-state index contributed by atoms with van der Waals surface area (Å²) >= 11 is 0. The number of aromatic amines is 1. The molecule has 0 radical (unpaired) electrons. The summed E-state index contributed by atoms with van der Waals surface area (Å²) in [4.78, 5) is 12.3. The molecule has 0 unspecified atom stereocenters. The Kier molecular flexibility index (Phi) is 5.15. The summed E-state index contributed by atoms with van der Waals surface area (Å²) in [5.74, 6) is 0.658. The van der Waals surface area contributed by atoms with Gasteiger partial charge < -0.3 is 15.4 Å². The number of carbonyl (C=O) groups excluding carboxylic acids is 1. The van der Waals surface area contributed by atoms with Gasteiger partial charge in [0.15, 0.2) is 0 Å². The molecule has 1 aliphatic carbocycles. The topological polar surface area (TPSA) is 79.0 Å². The third-order valence-electron chi connectivity index (χ3n) is 4.41. The lowest BCUT2D eigenvalue weighted by Crippen LogP contribution is -2.41. The number of methoxy groups -OCH3 is 1. The van der Waals surface area contributed by atoms with Crippen molar-refractivity contribution >= 4 is 11.6 Å². The Morgan fingerprint density at radius 3 is 3.12 bits per heavy atom. The van der Waals surface area contributed by atoms with Crippen LogP contribution in [0.3, 0.4) is 0 Å². The maximum atomic E-state index is 12.3. The number of aromatic nitrogens is 2. The second-order valence-electron chi connectivity index (χ2n) is 6.33. The average Bonchev–Trinajstić information content (AvgIpc) is 3.02. The summed E-state index contributed by atoms with van der Waals surface area (Å²) in [5.41, 5.74) is 3.23. The van der Waals surface area contributed by atoms with E-state index in [1.54, 1.807) is 7.11 Å². The fourth-order valence-electron chi connectivity index (χ4n) is 3.25. The molecule has 2 aromatic rings. The van der Waals surface area contributed by atoms with Gasteiger partial charge in [0.25, 0.3) is 0 Å². The normalized spacial score (nSPS) is 17.8. The highest BCUT2D eigenvalue weighted by molar-refractivity contribution is 5.92. The van der Waals surface area contributed by atoms with Crippen molar-refractivity contribution < 1.29 is 9.53 Å². The van der Waals surface area contributed by atoms with Gasteiger partial charge in [-0.15, -0.1) is 0 Å². The molecule has 24 heavy (non-hydrogen) atoms. The van der Waals surface area contributed by atoms with Crippen molar-refractivity contribution in [2.75, 3.05) is 12.4 Å². The molecule has 0 fully saturated rings. The Morgan fingerprint density at radius 1 is 1.46 bits per heavy atom. The number of ether oxygens (including phenoxy) is 1. The first-order valence-corrected chi connectivity index (χ1v) is 8.35. The van der Waals surface area contributed by atoms with Crippen LogP contribution in [0, 0.1) is 0 Å². The van der Waals surface area contributed by atoms with E-state index in [-0.39, 0.29) is 11.9 Å². The lowest BCUT2D eigenvalue weighted by molar-refractivity contribution is -0.116. The van der Waals surface area contributed by atoms with Crippen molar-refractivity contribution in [3.05, 3.63) is 41.7 Å². The minimum Gasteiger partial charge on any atom is -0.495 e. The quantitative estimate of drug-likeness (QED) is 0.760. The highest BCUT2D eigenvalue weighted by Gasteiger charge is 2.22. The Hall–Kier alpha value is -2.34. The van der Waals surface area contributed by atoms with E-state index >= 15 is 0 Å². The first-order valence-electron chi connectivity index (χ1n) is 8.35. The molecule has 0 aliphatic heterocycles. The molecule has 1 aromatic heterocycles. The number of hydrogen-bond donors (Lipinski definition) is 3. The van der Waals surface area contributed by atoms with E-state index in [2.05, 4.69) is 20.8 Å². The molecule has 0 bridgehead atoms. The van der Waals surface area contributed by atoms with Gasteiger partial charge in [-0.3, -0.25) is 9.89 Å². The lowest BCUT2D eigenvalue weighted by Gasteiger charge is -2.26. The second kappa shape index (κ2) is 7.49. The van der Waals surface area contributed by atoms with E-state index in [1.165, 1.54) is 11.3 Å². The van der Waals surface area contributed by atoms with Gasteiger partial charge in [0.05, 0.1) is 19.0 Å². The van der Waals surface area contributed by atoms with Crippen molar-refractivity contribution in [2.24, 2.45) is 0 Å². The zero-order valence-electron chi connectivity index (χ0n) is 14.1. The van der Waals surface area contributed by atoms with Crippen molar-refractivity contribution in [2.45, 2.75) is 44.7 Å². The maximum Gasteiger partial charge on any atom is 0.226 e. The van der Waals surface area contributed by atoms with Gasteiger partial charge in [0, 0.05) is 24.2 Å². The molecule has 0 spiro atoms. The first kappa shape index (κ1) is 16.5. The highest BCUT2D eigenvalue weighted by Crippen LogP contribution is 2.23. The predicted octanol–water partition coefficient (Wildman–Crippen LogP) is 2.28. The van der Waals surface area contributed by atoms with Gasteiger partial charge in [-0.2, -0.15) is 5.10 Å². The molecule has 1 aliphatic rings. The molecule has 2 atom stereocenters. The monoisotopic (exact) mass is 328 g/mol. The Bertz CT molecular complexity index is 698. The smallest absolute Gasteiger partial charge is 0.226 e. The molecule has 1 heterocycles. The molecular weight excluding hydrogens is 304 g/mol. The zero-order chi connectivity index (χ0) is 16.9. The van der Waals surface area contributed by atoms with Crippen LogP contribution in [0.25, 0.3) is 0 Å².